The van der Waals surface area contributed by atoms with E-state index in [0.717, 1.165) is 19.0 Å². The van der Waals surface area contributed by atoms with Crippen molar-refractivity contribution in [2.45, 2.75) is 25.6 Å². The summed E-state index contributed by atoms with van der Waals surface area (Å²) in [4.78, 5) is 23.5. The molecule has 2 rings (SSSR count). The lowest BCUT2D eigenvalue weighted by Crippen LogP contribution is -2.37. The van der Waals surface area contributed by atoms with Crippen molar-refractivity contribution < 1.29 is 23.1 Å². The van der Waals surface area contributed by atoms with Crippen LogP contribution in [0, 0.1) is 5.41 Å². The molecular weight excluding hydrogens is 303 g/mol. The van der Waals surface area contributed by atoms with Crippen LogP contribution in [0.5, 0.6) is 0 Å². The highest BCUT2D eigenvalue weighted by atomic mass is 19.4. The van der Waals surface area contributed by atoms with Gasteiger partial charge in [-0.2, -0.15) is 13.2 Å². The Morgan fingerprint density at radius 3 is 2.64 bits per heavy atom. The molecule has 3 N–H and O–H groups in total. The Morgan fingerprint density at radius 2 is 2.09 bits per heavy atom. The average molecular weight is 319 g/mol. The lowest BCUT2D eigenvalue weighted by Gasteiger charge is -2.14. The van der Waals surface area contributed by atoms with Crippen LogP contribution in [0.4, 0.5) is 23.7 Å². The fourth-order valence-electron chi connectivity index (χ4n) is 1.95. The third-order valence-corrected chi connectivity index (χ3v) is 3.53. The van der Waals surface area contributed by atoms with Crippen LogP contribution in [0.1, 0.15) is 12.8 Å². The van der Waals surface area contributed by atoms with Gasteiger partial charge in [0.15, 0.2) is 0 Å². The smallest absolute Gasteiger partial charge is 0.396 e. The van der Waals surface area contributed by atoms with E-state index in [0.29, 0.717) is 4.57 Å². The molecule has 0 atom stereocenters. The van der Waals surface area contributed by atoms with Crippen LogP contribution in [0.25, 0.3) is 0 Å². The molecule has 1 aromatic rings. The van der Waals surface area contributed by atoms with Gasteiger partial charge in [-0.3, -0.25) is 4.79 Å². The predicted molar refractivity (Wildman–Crippen MR) is 72.5 cm³/mol. The van der Waals surface area contributed by atoms with E-state index in [-0.39, 0.29) is 24.3 Å². The number of nitrogens with zero attached hydrogens (tertiary/aromatic N) is 1. The molecule has 1 heterocycles. The molecule has 22 heavy (non-hydrogen) atoms. The van der Waals surface area contributed by atoms with E-state index in [4.69, 9.17) is 5.11 Å². The highest BCUT2D eigenvalue weighted by molar-refractivity contribution is 5.88. The van der Waals surface area contributed by atoms with Crippen molar-refractivity contribution in [3.8, 4) is 0 Å². The van der Waals surface area contributed by atoms with Gasteiger partial charge in [-0.15, -0.1) is 0 Å². The molecule has 1 saturated carbocycles. The van der Waals surface area contributed by atoms with Crippen molar-refractivity contribution in [3.05, 3.63) is 28.7 Å². The summed E-state index contributed by atoms with van der Waals surface area (Å²) >= 11 is 0. The number of hydrogen-bond acceptors (Lipinski definition) is 3. The molecule has 0 aromatic carbocycles. The first-order valence-electron chi connectivity index (χ1n) is 6.67. The van der Waals surface area contributed by atoms with Gasteiger partial charge in [-0.25, -0.2) is 4.79 Å². The SMILES string of the molecule is O=C(NCC1(CO)CC1)Nc1cccn(CC(F)(F)F)c1=O. The quantitative estimate of drug-likeness (QED) is 0.765. The Bertz CT molecular complexity index is 609. The number of aliphatic hydroxyl groups is 1. The highest BCUT2D eigenvalue weighted by Crippen LogP contribution is 2.44. The molecule has 1 aromatic heterocycles. The largest absolute Gasteiger partial charge is 0.406 e. The summed E-state index contributed by atoms with van der Waals surface area (Å²) in [6.07, 6.45) is -1.92. The van der Waals surface area contributed by atoms with Crippen LogP contribution in [-0.4, -0.2) is 35.0 Å². The minimum absolute atomic E-state index is 0.0446. The summed E-state index contributed by atoms with van der Waals surface area (Å²) in [6, 6.07) is 1.79. The number of halogens is 3. The monoisotopic (exact) mass is 319 g/mol. The van der Waals surface area contributed by atoms with Crippen molar-refractivity contribution in [1.82, 2.24) is 9.88 Å². The summed E-state index contributed by atoms with van der Waals surface area (Å²) in [5.74, 6) is 0. The van der Waals surface area contributed by atoms with Gasteiger partial charge in [0, 0.05) is 18.2 Å². The molecule has 9 heteroatoms. The van der Waals surface area contributed by atoms with Gasteiger partial charge in [0.1, 0.15) is 12.2 Å². The van der Waals surface area contributed by atoms with Gasteiger partial charge < -0.3 is 20.3 Å². The van der Waals surface area contributed by atoms with E-state index in [1.165, 1.54) is 12.1 Å². The Kier molecular flexibility index (Phi) is 4.45. The number of pyridine rings is 1. The van der Waals surface area contributed by atoms with Crippen molar-refractivity contribution in [2.24, 2.45) is 5.41 Å². The van der Waals surface area contributed by atoms with E-state index in [9.17, 15) is 22.8 Å². The molecule has 0 bridgehead atoms. The van der Waals surface area contributed by atoms with Crippen LogP contribution in [0.2, 0.25) is 0 Å². The lowest BCUT2D eigenvalue weighted by atomic mass is 10.1. The van der Waals surface area contributed by atoms with Crippen LogP contribution >= 0.6 is 0 Å². The first kappa shape index (κ1) is 16.3. The van der Waals surface area contributed by atoms with E-state index in [1.807, 2.05) is 0 Å². The summed E-state index contributed by atoms with van der Waals surface area (Å²) in [5, 5.41) is 13.8. The molecular formula is C13H16F3N3O3. The van der Waals surface area contributed by atoms with Gasteiger partial charge in [0.05, 0.1) is 6.61 Å². The number of alkyl halides is 3. The van der Waals surface area contributed by atoms with Crippen molar-refractivity contribution >= 4 is 11.7 Å². The maximum Gasteiger partial charge on any atom is 0.406 e. The highest BCUT2D eigenvalue weighted by Gasteiger charge is 2.42. The molecule has 122 valence electrons. The Hall–Kier alpha value is -2.03. The summed E-state index contributed by atoms with van der Waals surface area (Å²) < 4.78 is 37.5. The fourth-order valence-corrected chi connectivity index (χ4v) is 1.95. The molecule has 0 unspecified atom stereocenters. The third-order valence-electron chi connectivity index (χ3n) is 3.53. The molecule has 0 radical (unpaired) electrons. The second-order valence-corrected chi connectivity index (χ2v) is 5.44. The van der Waals surface area contributed by atoms with E-state index in [2.05, 4.69) is 10.6 Å². The normalized spacial score (nSPS) is 16.2. The minimum Gasteiger partial charge on any atom is -0.396 e. The van der Waals surface area contributed by atoms with Gasteiger partial charge in [0.2, 0.25) is 0 Å². The molecule has 1 aliphatic rings. The van der Waals surface area contributed by atoms with E-state index >= 15 is 0 Å². The molecule has 0 saturated heterocycles. The van der Waals surface area contributed by atoms with E-state index < -0.39 is 24.3 Å². The second-order valence-electron chi connectivity index (χ2n) is 5.44. The number of aliphatic hydroxyl groups excluding tert-OH is 1. The van der Waals surface area contributed by atoms with Crippen molar-refractivity contribution in [2.75, 3.05) is 18.5 Å². The predicted octanol–water partition coefficient (Wildman–Crippen LogP) is 1.30. The second kappa shape index (κ2) is 5.99. The lowest BCUT2D eigenvalue weighted by molar-refractivity contribution is -0.141. The van der Waals surface area contributed by atoms with Crippen molar-refractivity contribution in [3.63, 3.8) is 0 Å². The number of amides is 2. The molecule has 2 amide bonds. The Balaban J connectivity index is 1.99. The van der Waals surface area contributed by atoms with Gasteiger partial charge in [-0.1, -0.05) is 0 Å². The first-order chi connectivity index (χ1) is 10.2. The third kappa shape index (κ3) is 4.23. The number of anilines is 1. The zero-order valence-corrected chi connectivity index (χ0v) is 11.6. The van der Waals surface area contributed by atoms with Crippen LogP contribution in [0.15, 0.2) is 23.1 Å². The fraction of sp³-hybridized carbons (Fsp3) is 0.538. The standard InChI is InChI=1S/C13H16F3N3O3/c14-13(15,16)7-19-5-1-2-9(10(19)21)18-11(22)17-6-12(8-20)3-4-12/h1-2,5,20H,3-4,6-8H2,(H2,17,18,22). The van der Waals surface area contributed by atoms with Crippen LogP contribution in [0.3, 0.4) is 0 Å². The Labute approximate surface area is 123 Å². The summed E-state index contributed by atoms with van der Waals surface area (Å²) in [5.41, 5.74) is -1.47. The van der Waals surface area contributed by atoms with Crippen molar-refractivity contribution in [1.29, 1.82) is 0 Å². The summed E-state index contributed by atoms with van der Waals surface area (Å²) in [6.45, 7) is -1.22. The van der Waals surface area contributed by atoms with Gasteiger partial charge >= 0.3 is 12.2 Å². The van der Waals surface area contributed by atoms with Crippen LogP contribution < -0.4 is 16.2 Å². The zero-order chi connectivity index (χ0) is 16.4. The maximum atomic E-state index is 12.3. The zero-order valence-electron chi connectivity index (χ0n) is 11.6. The number of urea groups is 1. The number of carbonyl (C=O) groups excluding carboxylic acids is 1. The van der Waals surface area contributed by atoms with Gasteiger partial charge in [0.25, 0.3) is 5.56 Å². The molecule has 6 nitrogen and oxygen atoms in total. The Morgan fingerprint density at radius 1 is 1.41 bits per heavy atom. The molecule has 0 spiro atoms. The molecule has 1 fully saturated rings. The van der Waals surface area contributed by atoms with Crippen LogP contribution in [-0.2, 0) is 6.54 Å². The van der Waals surface area contributed by atoms with Gasteiger partial charge in [-0.05, 0) is 25.0 Å². The maximum absolute atomic E-state index is 12.3. The number of carbonyl (C=O) groups is 1. The number of hydrogen-bond donors (Lipinski definition) is 3. The van der Waals surface area contributed by atoms with E-state index in [1.54, 1.807) is 0 Å². The topological polar surface area (TPSA) is 83.4 Å². The number of aromatic nitrogens is 1. The average Bonchev–Trinajstić information content (AvgIpc) is 3.20. The molecule has 1 aliphatic carbocycles. The summed E-state index contributed by atoms with van der Waals surface area (Å²) in [7, 11) is 0. The minimum atomic E-state index is -4.52. The number of nitrogens with one attached hydrogen (secondary N) is 2. The first-order valence-corrected chi connectivity index (χ1v) is 6.67. The number of rotatable bonds is 5. The molecule has 0 aliphatic heterocycles.